The highest BCUT2D eigenvalue weighted by atomic mass is 32.1. The molecule has 2 saturated heterocycles. The third-order valence-corrected chi connectivity index (χ3v) is 19.0. The fraction of sp³-hybridized carbons (Fsp3) is 0.324. The molecular weight excluding hydrogens is 1390 g/mol. The summed E-state index contributed by atoms with van der Waals surface area (Å²) in [6.45, 7) is 10.2. The molecule has 0 radical (unpaired) electrons. The van der Waals surface area contributed by atoms with E-state index in [1.807, 2.05) is 13.8 Å². The average molecular weight is 1450 g/mol. The van der Waals surface area contributed by atoms with Crippen LogP contribution >= 0.6 is 22.7 Å². The molecule has 11 nitrogen and oxygen atoms in total. The zero-order chi connectivity index (χ0) is 73.1. The van der Waals surface area contributed by atoms with Gasteiger partial charge in [0.25, 0.3) is 0 Å². The van der Waals surface area contributed by atoms with Gasteiger partial charge in [0.2, 0.25) is 0 Å². The molecule has 0 saturated carbocycles. The molecule has 2 amide bonds. The number of carbonyl (C=O) groups excluding carboxylic acids is 4. The molecule has 4 heterocycles. The molecule has 0 unspecified atom stereocenters. The zero-order valence-corrected chi connectivity index (χ0v) is 54.4. The first kappa shape index (κ1) is 74.2. The molecule has 2 fully saturated rings. The predicted octanol–water partition coefficient (Wildman–Crippen LogP) is 21.0. The molecule has 0 aliphatic carbocycles. The number of methoxy groups -OCH3 is 1. The van der Waals surface area contributed by atoms with Crippen LogP contribution in [0.3, 0.4) is 0 Å². The van der Waals surface area contributed by atoms with E-state index in [0.29, 0.717) is 96.1 Å². The van der Waals surface area contributed by atoms with Gasteiger partial charge < -0.3 is 14.2 Å². The third-order valence-electron chi connectivity index (χ3n) is 16.5. The van der Waals surface area contributed by atoms with Gasteiger partial charge in [-0.2, -0.15) is 79.0 Å². The van der Waals surface area contributed by atoms with Crippen molar-refractivity contribution in [2.24, 2.45) is 0 Å². The maximum atomic E-state index is 13.9. The van der Waals surface area contributed by atoms with Crippen LogP contribution in [0.2, 0.25) is 0 Å². The first-order valence-electron chi connectivity index (χ1n) is 29.7. The summed E-state index contributed by atoms with van der Waals surface area (Å²) in [5.41, 5.74) is -5.03. The number of thiazole rings is 2. The van der Waals surface area contributed by atoms with Gasteiger partial charge in [-0.05, 0) is 160 Å². The maximum absolute atomic E-state index is 13.9. The van der Waals surface area contributed by atoms with Crippen molar-refractivity contribution in [2.75, 3.05) is 7.11 Å². The molecule has 10 rings (SSSR count). The molecule has 6 aromatic carbocycles. The van der Waals surface area contributed by atoms with Crippen LogP contribution in [0.4, 0.5) is 88.6 Å². The Morgan fingerprint density at radius 1 is 0.465 bits per heavy atom. The van der Waals surface area contributed by atoms with E-state index in [-0.39, 0.29) is 40.2 Å². The van der Waals surface area contributed by atoms with E-state index in [4.69, 9.17) is 24.2 Å². The van der Waals surface area contributed by atoms with Crippen molar-refractivity contribution in [1.29, 1.82) is 0 Å². The van der Waals surface area contributed by atoms with Crippen molar-refractivity contribution in [3.05, 3.63) is 197 Å². The molecule has 8 aromatic rings. The van der Waals surface area contributed by atoms with E-state index >= 15 is 0 Å². The lowest BCUT2D eigenvalue weighted by Crippen LogP contribution is -2.32. The summed E-state index contributed by atoms with van der Waals surface area (Å²) in [4.78, 5) is 62.8. The summed E-state index contributed by atoms with van der Waals surface area (Å²) in [5.74, 6) is -0.683. The highest BCUT2D eigenvalue weighted by Gasteiger charge is 2.47. The van der Waals surface area contributed by atoms with Crippen molar-refractivity contribution in [3.8, 4) is 43.7 Å². The van der Waals surface area contributed by atoms with Crippen LogP contribution in [0.25, 0.3) is 43.7 Å². The van der Waals surface area contributed by atoms with Crippen LogP contribution < -0.4 is 0 Å². The Morgan fingerprint density at radius 3 is 1.09 bits per heavy atom. The zero-order valence-electron chi connectivity index (χ0n) is 52.8. The minimum Gasteiger partial charge on any atom is -0.465 e. The van der Waals surface area contributed by atoms with Crippen LogP contribution in [0.15, 0.2) is 109 Å². The Bertz CT molecular complexity index is 4370. The summed E-state index contributed by atoms with van der Waals surface area (Å²) in [6, 6.07) is 15.0. The van der Waals surface area contributed by atoms with Crippen molar-refractivity contribution in [1.82, 2.24) is 19.8 Å². The number of ketones is 1. The Hall–Kier alpha value is -9.00. The first-order chi connectivity index (χ1) is 45.9. The Labute approximate surface area is 560 Å². The molecule has 2 aliphatic rings. The van der Waals surface area contributed by atoms with Gasteiger partial charge in [0.15, 0.2) is 5.78 Å². The molecule has 526 valence electrons. The largest absolute Gasteiger partial charge is 0.465 e. The van der Waals surface area contributed by atoms with Crippen LogP contribution in [-0.2, 0) is 77.2 Å². The fourth-order valence-corrected chi connectivity index (χ4v) is 13.6. The van der Waals surface area contributed by atoms with Crippen LogP contribution in [-0.4, -0.2) is 62.9 Å². The van der Waals surface area contributed by atoms with Crippen molar-refractivity contribution < 1.29 is 112 Å². The number of ether oxygens (including phenoxy) is 3. The fourth-order valence-electron chi connectivity index (χ4n) is 11.3. The lowest BCUT2D eigenvalue weighted by atomic mass is 9.96. The van der Waals surface area contributed by atoms with Gasteiger partial charge in [0, 0.05) is 37.6 Å². The van der Waals surface area contributed by atoms with Crippen molar-refractivity contribution in [2.45, 2.75) is 136 Å². The number of Topliss-reactive ketones (excluding diaryl/α,β-unsaturated/α-hetero) is 1. The third kappa shape index (κ3) is 16.0. The van der Waals surface area contributed by atoms with E-state index < -0.39 is 137 Å². The van der Waals surface area contributed by atoms with Crippen LogP contribution in [0.1, 0.15) is 144 Å². The Kier molecular flexibility index (Phi) is 20.7. The number of aryl methyl sites for hydroxylation is 4. The number of cyclic esters (lactones) is 2. The summed E-state index contributed by atoms with van der Waals surface area (Å²) >= 11 is 2.56. The molecule has 31 heteroatoms. The number of carbonyl (C=O) groups is 4. The second kappa shape index (κ2) is 27.6. The smallest absolute Gasteiger partial charge is 0.416 e. The van der Waals surface area contributed by atoms with Crippen molar-refractivity contribution >= 4 is 46.6 Å². The minimum absolute atomic E-state index is 0.0190. The Balaban J connectivity index is 0.000000231. The molecular formula is C68H54F18N4O7S2. The number of nitrogens with zero attached hydrogens (tertiary/aromatic N) is 4. The number of esters is 1. The van der Waals surface area contributed by atoms with Crippen LogP contribution in [0, 0.1) is 13.8 Å². The van der Waals surface area contributed by atoms with Gasteiger partial charge in [-0.25, -0.2) is 24.4 Å². The summed E-state index contributed by atoms with van der Waals surface area (Å²) in [7, 11) is 1.24. The SMILES string of the molecule is CCc1sc(-c2ccc(C(=O)OC)cc2C)nc1-c1ccc(C(F)(F)F)cc1CN1C(=O)O[C@H](c2cc(C(F)(F)F)cc(C(F)(F)F)c2)[C@@H]1C.CCc1sc(-c2ccc(C(C)=O)cc2C)nc1-c1ccc(C(F)(F)F)cc1CN1C(=O)O[C@H](c2cc(C(F)(F)F)cc(C(F)(F)F)c2)[C@@H]1C. The number of amides is 2. The number of halogens is 18. The van der Waals surface area contributed by atoms with Crippen molar-refractivity contribution in [3.63, 3.8) is 0 Å². The number of hydrogen-bond acceptors (Lipinski definition) is 11. The van der Waals surface area contributed by atoms with Crippen LogP contribution in [0.5, 0.6) is 0 Å². The van der Waals surface area contributed by atoms with Gasteiger partial charge in [-0.15, -0.1) is 22.7 Å². The molecule has 0 bridgehead atoms. The second-order valence-electron chi connectivity index (χ2n) is 23.2. The van der Waals surface area contributed by atoms with E-state index in [0.717, 1.165) is 39.6 Å². The van der Waals surface area contributed by atoms with E-state index in [9.17, 15) is 98.2 Å². The standard InChI is InChI=1S/C34H27F9N2O4S.C34H27F9N2O3S/c1-5-26-27(44-29(50-26)24-8-6-18(10-16(24)2)30(46)48-4)25-9-7-21(32(35,36)37)13-20(25)15-45-17(3)28(49-31(45)47)19-11-22(33(38,39)40)14-23(12-19)34(41,42)43;1-5-27-28(44-30(49-27)25-8-6-19(18(4)46)10-16(25)2)26-9-7-22(32(35,36)37)13-21(26)15-45-17(3)29(48-31(45)47)20-11-23(33(38,39)40)14-24(12-20)34(41,42)43/h6-14,17,28H,5,15H2,1-4H3;6-14,17,29H,5,15H2,1-4H3/t17-,28-;17-,29-/m00/s1. The Morgan fingerprint density at radius 2 is 0.788 bits per heavy atom. The normalized spacial score (nSPS) is 17.0. The number of alkyl halides is 18. The highest BCUT2D eigenvalue weighted by molar-refractivity contribution is 7.15. The number of aromatic nitrogens is 2. The topological polar surface area (TPSA) is 128 Å². The number of rotatable bonds is 14. The van der Waals surface area contributed by atoms with Gasteiger partial charge >= 0.3 is 55.2 Å². The van der Waals surface area contributed by atoms with Gasteiger partial charge in [0.1, 0.15) is 22.2 Å². The molecule has 2 aliphatic heterocycles. The predicted molar refractivity (Wildman–Crippen MR) is 327 cm³/mol. The molecule has 2 aromatic heterocycles. The summed E-state index contributed by atoms with van der Waals surface area (Å²) in [6.07, 6.45) is -34.8. The first-order valence-corrected chi connectivity index (χ1v) is 31.3. The monoisotopic (exact) mass is 1440 g/mol. The molecule has 0 N–H and O–H groups in total. The molecule has 0 spiro atoms. The second-order valence-corrected chi connectivity index (χ2v) is 25.3. The summed E-state index contributed by atoms with van der Waals surface area (Å²) in [5, 5.41) is 1.03. The summed E-state index contributed by atoms with van der Waals surface area (Å²) < 4.78 is 261. The highest BCUT2D eigenvalue weighted by Crippen LogP contribution is 2.47. The van der Waals surface area contributed by atoms with Gasteiger partial charge in [-0.3, -0.25) is 14.6 Å². The maximum Gasteiger partial charge on any atom is 0.416 e. The van der Waals surface area contributed by atoms with Gasteiger partial charge in [0.05, 0.1) is 82.6 Å². The van der Waals surface area contributed by atoms with Gasteiger partial charge in [-0.1, -0.05) is 44.2 Å². The lowest BCUT2D eigenvalue weighted by Gasteiger charge is -2.24. The van der Waals surface area contributed by atoms with E-state index in [1.165, 1.54) is 62.7 Å². The lowest BCUT2D eigenvalue weighted by molar-refractivity contribution is -0.144. The quantitative estimate of drug-likeness (QED) is 0.0452. The van der Waals surface area contributed by atoms with E-state index in [1.54, 1.807) is 50.2 Å². The minimum atomic E-state index is -5.15. The number of benzene rings is 6. The molecule has 99 heavy (non-hydrogen) atoms. The average Bonchev–Trinajstić information content (AvgIpc) is 1.68. The number of hydrogen-bond donors (Lipinski definition) is 0. The van der Waals surface area contributed by atoms with E-state index in [2.05, 4.69) is 0 Å². The molecule has 4 atom stereocenters.